The molecular formula is C7H15O3S. The molecule has 0 rings (SSSR count). The normalized spacial score (nSPS) is 11.8. The molecule has 0 saturated heterocycles. The molecule has 1 N–H and O–H groups in total. The van der Waals surface area contributed by atoms with Crippen molar-refractivity contribution < 1.29 is 13.0 Å². The lowest BCUT2D eigenvalue weighted by atomic mass is 10.2. The van der Waals surface area contributed by atoms with Crippen molar-refractivity contribution >= 4 is 10.1 Å². The predicted octanol–water partition coefficient (Wildman–Crippen LogP) is 1.66. The molecule has 0 fully saturated rings. The molecule has 67 valence electrons. The van der Waals surface area contributed by atoms with Crippen LogP contribution < -0.4 is 0 Å². The highest BCUT2D eigenvalue weighted by molar-refractivity contribution is 7.85. The Hall–Kier alpha value is -0.0900. The molecule has 0 spiro atoms. The molecule has 1 radical (unpaired) electrons. The lowest BCUT2D eigenvalue weighted by Gasteiger charge is -1.96. The lowest BCUT2D eigenvalue weighted by Crippen LogP contribution is -2.03. The summed E-state index contributed by atoms with van der Waals surface area (Å²) in [5.41, 5.74) is 0. The number of unbranched alkanes of at least 4 members (excludes halogenated alkanes) is 4. The van der Waals surface area contributed by atoms with Gasteiger partial charge in [-0.25, -0.2) is 0 Å². The van der Waals surface area contributed by atoms with Crippen LogP contribution in [0.15, 0.2) is 0 Å². The zero-order valence-corrected chi connectivity index (χ0v) is 7.60. The molecule has 0 heterocycles. The van der Waals surface area contributed by atoms with Gasteiger partial charge in [0.15, 0.2) is 0 Å². The molecule has 3 nitrogen and oxygen atoms in total. The summed E-state index contributed by atoms with van der Waals surface area (Å²) < 4.78 is 28.8. The predicted molar refractivity (Wildman–Crippen MR) is 44.9 cm³/mol. The maximum absolute atomic E-state index is 10.2. The van der Waals surface area contributed by atoms with E-state index in [0.717, 1.165) is 19.3 Å². The van der Waals surface area contributed by atoms with Crippen LogP contribution in [-0.4, -0.2) is 18.7 Å². The Morgan fingerprint density at radius 1 is 1.27 bits per heavy atom. The van der Waals surface area contributed by atoms with Gasteiger partial charge in [-0.05, 0) is 12.8 Å². The van der Waals surface area contributed by atoms with Crippen LogP contribution in [0.1, 0.15) is 32.6 Å². The van der Waals surface area contributed by atoms with E-state index in [4.69, 9.17) is 4.55 Å². The van der Waals surface area contributed by atoms with Gasteiger partial charge in [-0.15, -0.1) is 0 Å². The van der Waals surface area contributed by atoms with E-state index in [0.29, 0.717) is 6.42 Å². The van der Waals surface area contributed by atoms with Crippen molar-refractivity contribution in [2.45, 2.75) is 32.6 Å². The zero-order chi connectivity index (χ0) is 8.74. The highest BCUT2D eigenvalue weighted by atomic mass is 32.2. The summed E-state index contributed by atoms with van der Waals surface area (Å²) in [6.45, 7) is 1.97. The molecule has 0 bridgehead atoms. The van der Waals surface area contributed by atoms with Crippen LogP contribution in [0, 0.1) is 6.42 Å². The van der Waals surface area contributed by atoms with Crippen LogP contribution in [0.5, 0.6) is 0 Å². The molecule has 0 unspecified atom stereocenters. The van der Waals surface area contributed by atoms with Crippen molar-refractivity contribution in [3.05, 3.63) is 6.42 Å². The van der Waals surface area contributed by atoms with Gasteiger partial charge in [-0.1, -0.05) is 26.2 Å². The third kappa shape index (κ3) is 9.91. The Labute approximate surface area is 68.6 Å². The van der Waals surface area contributed by atoms with Crippen LogP contribution in [0.3, 0.4) is 0 Å². The molecule has 0 aliphatic rings. The van der Waals surface area contributed by atoms with E-state index in [1.807, 2.05) is 13.3 Å². The molecule has 0 aromatic rings. The topological polar surface area (TPSA) is 54.4 Å². The van der Waals surface area contributed by atoms with Gasteiger partial charge in [0.2, 0.25) is 0 Å². The smallest absolute Gasteiger partial charge is 0.264 e. The van der Waals surface area contributed by atoms with Gasteiger partial charge >= 0.3 is 0 Å². The Kier molecular flexibility index (Phi) is 5.50. The Morgan fingerprint density at radius 2 is 1.91 bits per heavy atom. The van der Waals surface area contributed by atoms with E-state index in [1.54, 1.807) is 0 Å². The standard InChI is InChI=1S/C7H15O3S/c1-2-3-4-5-6-7-11(8,9)10/h2H,3-7H2,1H3,(H,8,9,10). The fraction of sp³-hybridized carbons (Fsp3) is 0.857. The van der Waals surface area contributed by atoms with Gasteiger partial charge < -0.3 is 0 Å². The van der Waals surface area contributed by atoms with E-state index in [9.17, 15) is 8.42 Å². The summed E-state index contributed by atoms with van der Waals surface area (Å²) in [5.74, 6) is -0.100. The second-order valence-corrected chi connectivity index (χ2v) is 4.12. The van der Waals surface area contributed by atoms with Crippen LogP contribution >= 0.6 is 0 Å². The average Bonchev–Trinajstić information content (AvgIpc) is 1.85. The van der Waals surface area contributed by atoms with Crippen LogP contribution in [0.4, 0.5) is 0 Å². The summed E-state index contributed by atoms with van der Waals surface area (Å²) in [7, 11) is -3.72. The summed E-state index contributed by atoms with van der Waals surface area (Å²) >= 11 is 0. The minimum absolute atomic E-state index is 0.100. The molecule has 0 saturated carbocycles. The first kappa shape index (κ1) is 10.9. The molecule has 0 atom stereocenters. The van der Waals surface area contributed by atoms with Crippen LogP contribution in [-0.2, 0) is 10.1 Å². The fourth-order valence-electron chi connectivity index (χ4n) is 0.810. The lowest BCUT2D eigenvalue weighted by molar-refractivity contribution is 0.479. The summed E-state index contributed by atoms with van der Waals surface area (Å²) in [6.07, 6.45) is 5.50. The average molecular weight is 179 g/mol. The molecular weight excluding hydrogens is 164 g/mol. The number of rotatable bonds is 6. The van der Waals surface area contributed by atoms with Crippen molar-refractivity contribution in [1.82, 2.24) is 0 Å². The second kappa shape index (κ2) is 5.55. The van der Waals surface area contributed by atoms with Gasteiger partial charge in [-0.3, -0.25) is 4.55 Å². The van der Waals surface area contributed by atoms with Gasteiger partial charge in [0.05, 0.1) is 5.75 Å². The van der Waals surface area contributed by atoms with E-state index >= 15 is 0 Å². The monoisotopic (exact) mass is 179 g/mol. The third-order valence-electron chi connectivity index (χ3n) is 1.40. The van der Waals surface area contributed by atoms with Crippen molar-refractivity contribution in [2.75, 3.05) is 5.75 Å². The summed E-state index contributed by atoms with van der Waals surface area (Å²) in [4.78, 5) is 0. The molecule has 0 aromatic heterocycles. The highest BCUT2D eigenvalue weighted by Gasteiger charge is 2.02. The van der Waals surface area contributed by atoms with Crippen molar-refractivity contribution in [3.63, 3.8) is 0 Å². The Balaban J connectivity index is 3.16. The molecule has 0 aliphatic carbocycles. The highest BCUT2D eigenvalue weighted by Crippen LogP contribution is 2.02. The van der Waals surface area contributed by atoms with Gasteiger partial charge in [0.1, 0.15) is 0 Å². The van der Waals surface area contributed by atoms with E-state index < -0.39 is 10.1 Å². The van der Waals surface area contributed by atoms with E-state index in [2.05, 4.69) is 0 Å². The summed E-state index contributed by atoms with van der Waals surface area (Å²) in [6, 6.07) is 0. The Bertz CT molecular complexity index is 172. The molecule has 0 amide bonds. The summed E-state index contributed by atoms with van der Waals surface area (Å²) in [5, 5.41) is 0. The molecule has 11 heavy (non-hydrogen) atoms. The molecule has 4 heteroatoms. The minimum atomic E-state index is -3.72. The number of hydrogen-bond acceptors (Lipinski definition) is 2. The second-order valence-electron chi connectivity index (χ2n) is 2.54. The van der Waals surface area contributed by atoms with Gasteiger partial charge in [-0.2, -0.15) is 8.42 Å². The van der Waals surface area contributed by atoms with E-state index in [1.165, 1.54) is 0 Å². The quantitative estimate of drug-likeness (QED) is 0.498. The largest absolute Gasteiger partial charge is 0.286 e. The number of hydrogen-bond donors (Lipinski definition) is 1. The van der Waals surface area contributed by atoms with Gasteiger partial charge in [0.25, 0.3) is 10.1 Å². The molecule has 0 aliphatic heterocycles. The van der Waals surface area contributed by atoms with E-state index in [-0.39, 0.29) is 5.75 Å². The third-order valence-corrected chi connectivity index (χ3v) is 2.20. The van der Waals surface area contributed by atoms with Crippen molar-refractivity contribution in [3.8, 4) is 0 Å². The van der Waals surface area contributed by atoms with Crippen LogP contribution in [0.25, 0.3) is 0 Å². The first-order valence-corrected chi connectivity index (χ1v) is 5.40. The SMILES string of the molecule is C[CH]CCCCCS(=O)(=O)O. The van der Waals surface area contributed by atoms with Gasteiger partial charge in [0, 0.05) is 0 Å². The van der Waals surface area contributed by atoms with Crippen molar-refractivity contribution in [1.29, 1.82) is 0 Å². The maximum atomic E-state index is 10.2. The maximum Gasteiger partial charge on any atom is 0.264 e. The van der Waals surface area contributed by atoms with Crippen LogP contribution in [0.2, 0.25) is 0 Å². The molecule has 0 aromatic carbocycles. The Morgan fingerprint density at radius 3 is 2.36 bits per heavy atom. The minimum Gasteiger partial charge on any atom is -0.286 e. The first-order chi connectivity index (χ1) is 5.06. The fourth-order valence-corrected chi connectivity index (χ4v) is 1.38. The first-order valence-electron chi connectivity index (χ1n) is 3.79. The van der Waals surface area contributed by atoms with Crippen molar-refractivity contribution in [2.24, 2.45) is 0 Å². The zero-order valence-electron chi connectivity index (χ0n) is 6.78.